The number of aromatic nitrogens is 3. The van der Waals surface area contributed by atoms with E-state index in [4.69, 9.17) is 0 Å². The van der Waals surface area contributed by atoms with Crippen LogP contribution >= 0.6 is 22.9 Å². The van der Waals surface area contributed by atoms with Gasteiger partial charge >= 0.3 is 0 Å². The van der Waals surface area contributed by atoms with E-state index in [1.165, 1.54) is 4.88 Å². The molecular weight excluding hydrogens is 328 g/mol. The van der Waals surface area contributed by atoms with Crippen LogP contribution in [0.3, 0.4) is 0 Å². The van der Waals surface area contributed by atoms with E-state index in [1.807, 2.05) is 17.6 Å². The minimum Gasteiger partial charge on any atom is -0.347 e. The van der Waals surface area contributed by atoms with Crippen molar-refractivity contribution in [3.05, 3.63) is 52.1 Å². The number of rotatable bonds is 6. The van der Waals surface area contributed by atoms with Gasteiger partial charge in [0.1, 0.15) is 4.88 Å². The molecule has 1 N–H and O–H groups in total. The Labute approximate surface area is 142 Å². The molecule has 0 aliphatic rings. The Bertz CT molecular complexity index is 783. The average Bonchev–Trinajstić information content (AvgIpc) is 3.25. The van der Waals surface area contributed by atoms with Crippen molar-refractivity contribution < 1.29 is 4.79 Å². The fraction of sp³-hybridized carbons (Fsp3) is 0.250. The highest BCUT2D eigenvalue weighted by Crippen LogP contribution is 2.24. The second-order valence-corrected chi connectivity index (χ2v) is 6.74. The molecule has 3 heterocycles. The van der Waals surface area contributed by atoms with Gasteiger partial charge in [-0.3, -0.25) is 9.78 Å². The number of hydrogen-bond acceptors (Lipinski definition) is 6. The Balaban J connectivity index is 1.67. The molecule has 23 heavy (non-hydrogen) atoms. The number of pyridine rings is 1. The largest absolute Gasteiger partial charge is 0.347 e. The minimum absolute atomic E-state index is 0.120. The van der Waals surface area contributed by atoms with E-state index < -0.39 is 0 Å². The molecule has 3 aromatic heterocycles. The third-order valence-corrected chi connectivity index (χ3v) is 4.99. The molecule has 0 aliphatic heterocycles. The number of nitrogens with zero attached hydrogens (tertiary/aromatic N) is 3. The van der Waals surface area contributed by atoms with Crippen LogP contribution in [0.2, 0.25) is 0 Å². The zero-order valence-corrected chi connectivity index (χ0v) is 14.3. The van der Waals surface area contributed by atoms with Crippen molar-refractivity contribution >= 4 is 28.8 Å². The number of carbonyl (C=O) groups is 1. The van der Waals surface area contributed by atoms with E-state index in [0.29, 0.717) is 11.4 Å². The van der Waals surface area contributed by atoms with Crippen molar-refractivity contribution in [3.8, 4) is 10.4 Å². The molecular formula is C16H16N4OS2. The summed E-state index contributed by atoms with van der Waals surface area (Å²) < 4.78 is 3.88. The molecule has 7 heteroatoms. The quantitative estimate of drug-likeness (QED) is 0.742. The molecule has 0 saturated carbocycles. The van der Waals surface area contributed by atoms with Gasteiger partial charge in [-0.05, 0) is 41.0 Å². The highest BCUT2D eigenvalue weighted by atomic mass is 32.1. The predicted molar refractivity (Wildman–Crippen MR) is 92.6 cm³/mol. The average molecular weight is 344 g/mol. The molecule has 0 spiro atoms. The number of amides is 1. The van der Waals surface area contributed by atoms with Crippen molar-refractivity contribution in [2.75, 3.05) is 0 Å². The van der Waals surface area contributed by atoms with Crippen molar-refractivity contribution in [1.29, 1.82) is 0 Å². The maximum Gasteiger partial charge on any atom is 0.265 e. The topological polar surface area (TPSA) is 67.8 Å². The van der Waals surface area contributed by atoms with Gasteiger partial charge in [-0.25, -0.2) is 0 Å². The maximum absolute atomic E-state index is 12.3. The van der Waals surface area contributed by atoms with Crippen LogP contribution in [0, 0.1) is 0 Å². The van der Waals surface area contributed by atoms with Crippen molar-refractivity contribution in [3.63, 3.8) is 0 Å². The lowest BCUT2D eigenvalue weighted by atomic mass is 10.2. The molecule has 0 atom stereocenters. The summed E-state index contributed by atoms with van der Waals surface area (Å²) in [5, 5.41) is 8.99. The first-order valence-electron chi connectivity index (χ1n) is 7.35. The minimum atomic E-state index is -0.120. The van der Waals surface area contributed by atoms with Crippen molar-refractivity contribution in [2.45, 2.75) is 26.3 Å². The van der Waals surface area contributed by atoms with Crippen LogP contribution in [0.1, 0.15) is 34.3 Å². The Morgan fingerprint density at radius 1 is 1.35 bits per heavy atom. The van der Waals surface area contributed by atoms with Crippen LogP contribution in [0.25, 0.3) is 10.4 Å². The van der Waals surface area contributed by atoms with Gasteiger partial charge in [0.25, 0.3) is 5.91 Å². The van der Waals surface area contributed by atoms with Gasteiger partial charge in [0.2, 0.25) is 0 Å². The molecule has 0 aromatic carbocycles. The van der Waals surface area contributed by atoms with Gasteiger partial charge in [-0.1, -0.05) is 23.9 Å². The van der Waals surface area contributed by atoms with Gasteiger partial charge in [-0.2, -0.15) is 0 Å². The molecule has 0 radical (unpaired) electrons. The molecule has 118 valence electrons. The summed E-state index contributed by atoms with van der Waals surface area (Å²) in [4.78, 5) is 18.3. The lowest BCUT2D eigenvalue weighted by Gasteiger charge is -2.06. The summed E-state index contributed by atoms with van der Waals surface area (Å²) >= 11 is 2.82. The molecule has 5 nitrogen and oxygen atoms in total. The Morgan fingerprint density at radius 3 is 3.04 bits per heavy atom. The zero-order valence-electron chi connectivity index (χ0n) is 12.7. The van der Waals surface area contributed by atoms with Crippen molar-refractivity contribution in [2.24, 2.45) is 0 Å². The highest BCUT2D eigenvalue weighted by Gasteiger charge is 2.15. The first-order chi connectivity index (χ1) is 11.3. The highest BCUT2D eigenvalue weighted by molar-refractivity contribution is 7.13. The molecule has 3 aromatic rings. The van der Waals surface area contributed by atoms with E-state index in [9.17, 15) is 4.79 Å². The number of carbonyl (C=O) groups excluding carboxylic acids is 1. The van der Waals surface area contributed by atoms with Crippen LogP contribution in [-0.2, 0) is 13.0 Å². The van der Waals surface area contributed by atoms with E-state index in [0.717, 1.165) is 41.2 Å². The molecule has 0 fully saturated rings. The molecule has 0 bridgehead atoms. The summed E-state index contributed by atoms with van der Waals surface area (Å²) in [7, 11) is 0. The van der Waals surface area contributed by atoms with Crippen LogP contribution in [0.5, 0.6) is 0 Å². The number of thiophene rings is 1. The van der Waals surface area contributed by atoms with Gasteiger partial charge in [-0.15, -0.1) is 16.4 Å². The van der Waals surface area contributed by atoms with E-state index >= 15 is 0 Å². The predicted octanol–water partition coefficient (Wildman–Crippen LogP) is 3.54. The zero-order chi connectivity index (χ0) is 16.1. The standard InChI is InChI=1S/C16H16N4OS2/c1-2-4-13-15(23-20-19-13)16(21)18-9-11-7-12(10-17-8-11)14-5-3-6-22-14/h3,5-8,10H,2,4,9H2,1H3,(H,18,21). The van der Waals surface area contributed by atoms with Gasteiger partial charge < -0.3 is 5.32 Å². The fourth-order valence-electron chi connectivity index (χ4n) is 2.21. The first-order valence-corrected chi connectivity index (χ1v) is 9.00. The molecule has 0 unspecified atom stereocenters. The van der Waals surface area contributed by atoms with E-state index in [2.05, 4.69) is 38.9 Å². The molecule has 1 amide bonds. The van der Waals surface area contributed by atoms with Crippen LogP contribution in [-0.4, -0.2) is 20.5 Å². The second kappa shape index (κ2) is 7.43. The summed E-state index contributed by atoms with van der Waals surface area (Å²) in [6.45, 7) is 2.50. The summed E-state index contributed by atoms with van der Waals surface area (Å²) in [5.74, 6) is -0.120. The Kier molecular flexibility index (Phi) is 5.09. The first kappa shape index (κ1) is 15.8. The van der Waals surface area contributed by atoms with Gasteiger partial charge in [0.15, 0.2) is 0 Å². The van der Waals surface area contributed by atoms with Crippen LogP contribution in [0.15, 0.2) is 36.0 Å². The monoisotopic (exact) mass is 344 g/mol. The third-order valence-electron chi connectivity index (χ3n) is 3.30. The molecule has 3 rings (SSSR count). The van der Waals surface area contributed by atoms with Gasteiger partial charge in [0.05, 0.1) is 5.69 Å². The van der Waals surface area contributed by atoms with Gasteiger partial charge in [0, 0.05) is 29.4 Å². The number of hydrogen-bond donors (Lipinski definition) is 1. The van der Waals surface area contributed by atoms with E-state index in [-0.39, 0.29) is 5.91 Å². The Hall–Kier alpha value is -2.12. The third kappa shape index (κ3) is 3.80. The van der Waals surface area contributed by atoms with Crippen LogP contribution < -0.4 is 5.32 Å². The summed E-state index contributed by atoms with van der Waals surface area (Å²) in [5.41, 5.74) is 2.82. The summed E-state index contributed by atoms with van der Waals surface area (Å²) in [6.07, 6.45) is 5.33. The summed E-state index contributed by atoms with van der Waals surface area (Å²) in [6, 6.07) is 6.13. The SMILES string of the molecule is CCCc1nnsc1C(=O)NCc1cncc(-c2cccs2)c1. The molecule has 0 aliphatic carbocycles. The van der Waals surface area contributed by atoms with Crippen molar-refractivity contribution in [1.82, 2.24) is 19.9 Å². The normalized spacial score (nSPS) is 10.7. The maximum atomic E-state index is 12.3. The number of aryl methyl sites for hydroxylation is 1. The smallest absolute Gasteiger partial charge is 0.265 e. The number of nitrogens with one attached hydrogen (secondary N) is 1. The molecule has 0 saturated heterocycles. The second-order valence-electron chi connectivity index (χ2n) is 5.04. The lowest BCUT2D eigenvalue weighted by Crippen LogP contribution is -2.23. The van der Waals surface area contributed by atoms with Crippen LogP contribution in [0.4, 0.5) is 0 Å². The fourth-order valence-corrected chi connectivity index (χ4v) is 3.54. The van der Waals surface area contributed by atoms with E-state index in [1.54, 1.807) is 17.5 Å². The lowest BCUT2D eigenvalue weighted by molar-refractivity contribution is 0.0954. The Morgan fingerprint density at radius 2 is 2.26 bits per heavy atom.